The summed E-state index contributed by atoms with van der Waals surface area (Å²) < 4.78 is 42.8. The van der Waals surface area contributed by atoms with Gasteiger partial charge in [0.2, 0.25) is 0 Å². The molecule has 0 aromatic heterocycles. The summed E-state index contributed by atoms with van der Waals surface area (Å²) in [4.78, 5) is 0. The Morgan fingerprint density at radius 1 is 1.10 bits per heavy atom. The molecular weight excluding hydrogens is 400 g/mol. The minimum atomic E-state index is -3.82. The summed E-state index contributed by atoms with van der Waals surface area (Å²) >= 11 is 0. The molecule has 2 aromatic carbocycles. The maximum atomic E-state index is 13.4. The summed E-state index contributed by atoms with van der Waals surface area (Å²) in [6.45, 7) is 6.30. The Hall–Kier alpha value is -2.03. The van der Waals surface area contributed by atoms with Gasteiger partial charge in [0.05, 0.1) is 12.6 Å². The number of ether oxygens (including phenoxy) is 2. The molecule has 0 aliphatic carbocycles. The number of hydrogen-bond acceptors (Lipinski definition) is 4. The molecular formula is C23H30N2O4S. The van der Waals surface area contributed by atoms with Gasteiger partial charge in [0.15, 0.2) is 5.79 Å². The fourth-order valence-corrected chi connectivity index (χ4v) is 4.81. The molecule has 1 N–H and O–H groups in total. The van der Waals surface area contributed by atoms with Crippen LogP contribution in [0, 0.1) is 0 Å². The predicted molar refractivity (Wildman–Crippen MR) is 118 cm³/mol. The van der Waals surface area contributed by atoms with Crippen LogP contribution in [0.1, 0.15) is 31.9 Å². The highest BCUT2D eigenvalue weighted by Gasteiger charge is 2.42. The molecule has 0 saturated carbocycles. The Bertz CT molecular complexity index is 930. The van der Waals surface area contributed by atoms with Gasteiger partial charge in [0.25, 0.3) is 10.2 Å². The zero-order valence-corrected chi connectivity index (χ0v) is 18.5. The first kappa shape index (κ1) is 22.7. The van der Waals surface area contributed by atoms with Crippen molar-refractivity contribution in [2.45, 2.75) is 51.8 Å². The second-order valence-electron chi connectivity index (χ2n) is 7.73. The van der Waals surface area contributed by atoms with E-state index in [1.807, 2.05) is 93.6 Å². The topological polar surface area (TPSA) is 67.9 Å². The summed E-state index contributed by atoms with van der Waals surface area (Å²) in [5, 5.41) is 0. The van der Waals surface area contributed by atoms with Crippen LogP contribution >= 0.6 is 0 Å². The Balaban J connectivity index is 1.89. The summed E-state index contributed by atoms with van der Waals surface area (Å²) in [7, 11) is -3.82. The Morgan fingerprint density at radius 2 is 1.70 bits per heavy atom. The normalized spacial score (nSPS) is 20.1. The SMILES string of the molecule is C/C=C/[C@@H]([C@H]1COC(C)(C)O1)N(Cc1ccccc1)S(=O)(=O)NCc1ccccc1. The van der Waals surface area contributed by atoms with Gasteiger partial charge < -0.3 is 9.47 Å². The van der Waals surface area contributed by atoms with Gasteiger partial charge in [-0.15, -0.1) is 0 Å². The van der Waals surface area contributed by atoms with Crippen molar-refractivity contribution in [3.8, 4) is 0 Å². The van der Waals surface area contributed by atoms with Crippen LogP contribution in [0.15, 0.2) is 72.8 Å². The van der Waals surface area contributed by atoms with Gasteiger partial charge in [-0.1, -0.05) is 72.8 Å². The summed E-state index contributed by atoms with van der Waals surface area (Å²) in [5.74, 6) is -0.746. The first-order valence-corrected chi connectivity index (χ1v) is 11.5. The summed E-state index contributed by atoms with van der Waals surface area (Å²) in [6.07, 6.45) is 3.30. The van der Waals surface area contributed by atoms with Crippen molar-refractivity contribution in [2.24, 2.45) is 0 Å². The molecule has 0 amide bonds. The molecule has 1 aliphatic rings. The lowest BCUT2D eigenvalue weighted by Crippen LogP contribution is -2.50. The molecule has 1 heterocycles. The molecule has 2 atom stereocenters. The van der Waals surface area contributed by atoms with E-state index in [9.17, 15) is 8.42 Å². The lowest BCUT2D eigenvalue weighted by atomic mass is 10.1. The number of allylic oxidation sites excluding steroid dienone is 1. The lowest BCUT2D eigenvalue weighted by molar-refractivity contribution is -0.142. The first-order chi connectivity index (χ1) is 14.3. The van der Waals surface area contributed by atoms with Crippen LogP contribution in [0.3, 0.4) is 0 Å². The Morgan fingerprint density at radius 3 is 2.23 bits per heavy atom. The third-order valence-corrected chi connectivity index (χ3v) is 6.42. The van der Waals surface area contributed by atoms with Gasteiger partial charge in [-0.05, 0) is 31.9 Å². The van der Waals surface area contributed by atoms with E-state index in [0.29, 0.717) is 6.61 Å². The zero-order valence-electron chi connectivity index (χ0n) is 17.7. The molecule has 2 aromatic rings. The molecule has 7 heteroatoms. The Kier molecular flexibility index (Phi) is 7.44. The van der Waals surface area contributed by atoms with E-state index in [1.54, 1.807) is 0 Å². The maximum Gasteiger partial charge on any atom is 0.280 e. The van der Waals surface area contributed by atoms with Crippen LogP contribution in [0.2, 0.25) is 0 Å². The van der Waals surface area contributed by atoms with E-state index in [1.165, 1.54) is 4.31 Å². The van der Waals surface area contributed by atoms with Gasteiger partial charge >= 0.3 is 0 Å². The fourth-order valence-electron chi connectivity index (χ4n) is 3.45. The zero-order chi connectivity index (χ0) is 21.6. The van der Waals surface area contributed by atoms with Gasteiger partial charge in [0.1, 0.15) is 6.10 Å². The highest BCUT2D eigenvalue weighted by molar-refractivity contribution is 7.87. The monoisotopic (exact) mass is 430 g/mol. The van der Waals surface area contributed by atoms with Crippen LogP contribution in [-0.4, -0.2) is 37.3 Å². The third kappa shape index (κ3) is 6.00. The van der Waals surface area contributed by atoms with Crippen molar-refractivity contribution < 1.29 is 17.9 Å². The molecule has 0 bridgehead atoms. The molecule has 1 saturated heterocycles. The smallest absolute Gasteiger partial charge is 0.280 e. The first-order valence-electron chi connectivity index (χ1n) is 10.1. The van der Waals surface area contributed by atoms with Crippen LogP contribution in [-0.2, 0) is 32.8 Å². The van der Waals surface area contributed by atoms with Crippen molar-refractivity contribution in [1.82, 2.24) is 9.03 Å². The molecule has 0 unspecified atom stereocenters. The number of benzene rings is 2. The highest BCUT2D eigenvalue weighted by atomic mass is 32.2. The van der Waals surface area contributed by atoms with E-state index < -0.39 is 28.1 Å². The molecule has 162 valence electrons. The lowest BCUT2D eigenvalue weighted by Gasteiger charge is -2.32. The summed E-state index contributed by atoms with van der Waals surface area (Å²) in [5.41, 5.74) is 1.79. The van der Waals surface area contributed by atoms with Gasteiger partial charge in [-0.25, -0.2) is 0 Å². The molecule has 3 rings (SSSR count). The van der Waals surface area contributed by atoms with E-state index in [2.05, 4.69) is 4.72 Å². The molecule has 1 fully saturated rings. The standard InChI is InChI=1S/C23H30N2O4S/c1-4-11-21(22-18-28-23(2,3)29-22)25(17-20-14-9-6-10-15-20)30(26,27)24-16-19-12-7-5-8-13-19/h4-15,21-22,24H,16-18H2,1-3H3/b11-4+/t21-,22+/m0/s1. The highest BCUT2D eigenvalue weighted by Crippen LogP contribution is 2.28. The minimum absolute atomic E-state index is 0.213. The maximum absolute atomic E-state index is 13.4. The molecule has 0 spiro atoms. The quantitative estimate of drug-likeness (QED) is 0.617. The minimum Gasteiger partial charge on any atom is -0.348 e. The van der Waals surface area contributed by atoms with Crippen molar-refractivity contribution in [2.75, 3.05) is 6.61 Å². The molecule has 1 aliphatic heterocycles. The number of hydrogen-bond donors (Lipinski definition) is 1. The van der Waals surface area contributed by atoms with Crippen molar-refractivity contribution in [3.63, 3.8) is 0 Å². The average molecular weight is 431 g/mol. The van der Waals surface area contributed by atoms with E-state index in [4.69, 9.17) is 9.47 Å². The Labute approximate surface area is 179 Å². The van der Waals surface area contributed by atoms with Crippen molar-refractivity contribution >= 4 is 10.2 Å². The largest absolute Gasteiger partial charge is 0.348 e. The van der Waals surface area contributed by atoms with Crippen molar-refractivity contribution in [1.29, 1.82) is 0 Å². The van der Waals surface area contributed by atoms with Crippen molar-refractivity contribution in [3.05, 3.63) is 83.9 Å². The molecule has 6 nitrogen and oxygen atoms in total. The fraction of sp³-hybridized carbons (Fsp3) is 0.391. The van der Waals surface area contributed by atoms with E-state index in [-0.39, 0.29) is 13.1 Å². The van der Waals surface area contributed by atoms with Gasteiger partial charge in [-0.2, -0.15) is 17.4 Å². The predicted octanol–water partition coefficient (Wildman–Crippen LogP) is 3.62. The number of rotatable bonds is 9. The number of nitrogens with one attached hydrogen (secondary N) is 1. The van der Waals surface area contributed by atoms with E-state index in [0.717, 1.165) is 11.1 Å². The average Bonchev–Trinajstić information content (AvgIpc) is 3.10. The van der Waals surface area contributed by atoms with E-state index >= 15 is 0 Å². The second kappa shape index (κ2) is 9.85. The summed E-state index contributed by atoms with van der Waals surface area (Å²) in [6, 6.07) is 18.5. The van der Waals surface area contributed by atoms with Crippen LogP contribution < -0.4 is 4.72 Å². The van der Waals surface area contributed by atoms with Crippen LogP contribution in [0.25, 0.3) is 0 Å². The number of nitrogens with zero attached hydrogens (tertiary/aromatic N) is 1. The second-order valence-corrected chi connectivity index (χ2v) is 9.43. The van der Waals surface area contributed by atoms with Gasteiger partial charge in [-0.3, -0.25) is 0 Å². The van der Waals surface area contributed by atoms with Crippen LogP contribution in [0.4, 0.5) is 0 Å². The third-order valence-electron chi connectivity index (χ3n) is 4.92. The molecule has 30 heavy (non-hydrogen) atoms. The van der Waals surface area contributed by atoms with Gasteiger partial charge in [0, 0.05) is 13.1 Å². The molecule has 0 radical (unpaired) electrons. The van der Waals surface area contributed by atoms with Crippen LogP contribution in [0.5, 0.6) is 0 Å².